The molecule has 0 fully saturated rings. The van der Waals surface area contributed by atoms with Crippen LogP contribution in [0, 0.1) is 0 Å². The van der Waals surface area contributed by atoms with E-state index in [0.29, 0.717) is 0 Å². The minimum absolute atomic E-state index is 0.175. The van der Waals surface area contributed by atoms with E-state index in [-0.39, 0.29) is 4.90 Å². The molecule has 0 spiro atoms. The Balaban J connectivity index is 2.37. The second-order valence-electron chi connectivity index (χ2n) is 5.17. The van der Waals surface area contributed by atoms with E-state index in [2.05, 4.69) is 0 Å². The first-order chi connectivity index (χ1) is 9.34. The standard InChI is InChI=1S/C14H19NO4S/c1-10(14(16)17)15(2)20(18,19)13-8-7-11-5-3-4-6-12(11)9-13/h7-10H,3-6H2,1-2H3,(H,16,17). The second-order valence-corrected chi connectivity index (χ2v) is 7.17. The summed E-state index contributed by atoms with van der Waals surface area (Å²) >= 11 is 0. The van der Waals surface area contributed by atoms with Crippen molar-refractivity contribution in [1.82, 2.24) is 4.31 Å². The smallest absolute Gasteiger partial charge is 0.321 e. The average Bonchev–Trinajstić information content (AvgIpc) is 2.44. The zero-order valence-electron chi connectivity index (χ0n) is 11.7. The number of hydrogen-bond donors (Lipinski definition) is 1. The second kappa shape index (κ2) is 5.54. The summed E-state index contributed by atoms with van der Waals surface area (Å²) in [6.45, 7) is 1.36. The number of carboxylic acid groups (broad SMARTS) is 1. The van der Waals surface area contributed by atoms with Crippen molar-refractivity contribution in [3.63, 3.8) is 0 Å². The quantitative estimate of drug-likeness (QED) is 0.917. The number of likely N-dealkylation sites (N-methyl/N-ethyl adjacent to an activating group) is 1. The SMILES string of the molecule is CC(C(=O)O)N(C)S(=O)(=O)c1ccc2c(c1)CCCC2. The lowest BCUT2D eigenvalue weighted by molar-refractivity contribution is -0.140. The minimum atomic E-state index is -3.76. The van der Waals surface area contributed by atoms with Crippen LogP contribution in [0.3, 0.4) is 0 Å². The first-order valence-corrected chi connectivity index (χ1v) is 8.10. The van der Waals surface area contributed by atoms with Crippen LogP contribution in [0.1, 0.15) is 30.9 Å². The Bertz CT molecular complexity index is 624. The Kier molecular flexibility index (Phi) is 4.15. The van der Waals surface area contributed by atoms with Crippen molar-refractivity contribution in [3.05, 3.63) is 29.3 Å². The molecule has 1 aromatic carbocycles. The summed E-state index contributed by atoms with van der Waals surface area (Å²) < 4.78 is 25.8. The van der Waals surface area contributed by atoms with Crippen molar-refractivity contribution < 1.29 is 18.3 Å². The molecule has 5 nitrogen and oxygen atoms in total. The highest BCUT2D eigenvalue weighted by Crippen LogP contribution is 2.25. The lowest BCUT2D eigenvalue weighted by Crippen LogP contribution is -2.40. The number of sulfonamides is 1. The molecule has 1 atom stereocenters. The van der Waals surface area contributed by atoms with Crippen LogP contribution in [0.2, 0.25) is 0 Å². The lowest BCUT2D eigenvalue weighted by Gasteiger charge is -2.22. The van der Waals surface area contributed by atoms with Gasteiger partial charge in [-0.1, -0.05) is 6.07 Å². The van der Waals surface area contributed by atoms with E-state index < -0.39 is 22.0 Å². The summed E-state index contributed by atoms with van der Waals surface area (Å²) in [6, 6.07) is 4.02. The van der Waals surface area contributed by atoms with Crippen molar-refractivity contribution >= 4 is 16.0 Å². The molecule has 0 bridgehead atoms. The Hall–Kier alpha value is -1.40. The van der Waals surface area contributed by atoms with Crippen molar-refractivity contribution in [2.45, 2.75) is 43.5 Å². The van der Waals surface area contributed by atoms with Gasteiger partial charge in [0.15, 0.2) is 0 Å². The third kappa shape index (κ3) is 2.71. The number of rotatable bonds is 4. The molecule has 1 aliphatic carbocycles. The predicted octanol–water partition coefficient (Wildman–Crippen LogP) is 1.66. The van der Waals surface area contributed by atoms with Gasteiger partial charge in [-0.05, 0) is 55.9 Å². The number of nitrogens with zero attached hydrogens (tertiary/aromatic N) is 1. The third-order valence-electron chi connectivity index (χ3n) is 3.90. The Morgan fingerprint density at radius 2 is 1.85 bits per heavy atom. The number of aryl methyl sites for hydroxylation is 2. The molecule has 0 saturated heterocycles. The van der Waals surface area contributed by atoms with Crippen LogP contribution in [-0.4, -0.2) is 36.9 Å². The maximum atomic E-state index is 12.4. The normalized spacial score (nSPS) is 16.8. The summed E-state index contributed by atoms with van der Waals surface area (Å²) in [5, 5.41) is 8.95. The molecule has 0 heterocycles. The van der Waals surface area contributed by atoms with Crippen molar-refractivity contribution in [3.8, 4) is 0 Å². The van der Waals surface area contributed by atoms with E-state index in [0.717, 1.165) is 35.6 Å². The fourth-order valence-electron chi connectivity index (χ4n) is 2.40. The van der Waals surface area contributed by atoms with Crippen molar-refractivity contribution in [2.75, 3.05) is 7.05 Å². The molecular weight excluding hydrogens is 278 g/mol. The molecule has 0 saturated carbocycles. The summed E-state index contributed by atoms with van der Waals surface area (Å²) in [5.41, 5.74) is 2.26. The van der Waals surface area contributed by atoms with Gasteiger partial charge in [0, 0.05) is 7.05 Å². The maximum Gasteiger partial charge on any atom is 0.321 e. The summed E-state index contributed by atoms with van der Waals surface area (Å²) in [4.78, 5) is 11.1. The fraction of sp³-hybridized carbons (Fsp3) is 0.500. The molecule has 0 radical (unpaired) electrons. The van der Waals surface area contributed by atoms with E-state index in [4.69, 9.17) is 5.11 Å². The van der Waals surface area contributed by atoms with E-state index in [1.165, 1.54) is 19.5 Å². The summed E-state index contributed by atoms with van der Waals surface area (Å²) in [6.07, 6.45) is 4.07. The number of carboxylic acids is 1. The van der Waals surface area contributed by atoms with Crippen LogP contribution < -0.4 is 0 Å². The van der Waals surface area contributed by atoms with Gasteiger partial charge in [0.1, 0.15) is 6.04 Å². The highest BCUT2D eigenvalue weighted by molar-refractivity contribution is 7.89. The van der Waals surface area contributed by atoms with Crippen molar-refractivity contribution in [1.29, 1.82) is 0 Å². The molecule has 0 amide bonds. The molecule has 6 heteroatoms. The van der Waals surface area contributed by atoms with Gasteiger partial charge in [0.05, 0.1) is 4.90 Å². The van der Waals surface area contributed by atoms with Gasteiger partial charge in [-0.3, -0.25) is 4.79 Å². The van der Waals surface area contributed by atoms with Gasteiger partial charge in [-0.2, -0.15) is 4.31 Å². The van der Waals surface area contributed by atoms with Gasteiger partial charge < -0.3 is 5.11 Å². The Morgan fingerprint density at radius 3 is 2.45 bits per heavy atom. The molecule has 1 unspecified atom stereocenters. The van der Waals surface area contributed by atoms with Gasteiger partial charge in [-0.15, -0.1) is 0 Å². The van der Waals surface area contributed by atoms with Gasteiger partial charge in [0.25, 0.3) is 0 Å². The van der Waals surface area contributed by atoms with Crippen LogP contribution in [-0.2, 0) is 27.7 Å². The molecule has 2 rings (SSSR count). The van der Waals surface area contributed by atoms with Crippen LogP contribution >= 0.6 is 0 Å². The van der Waals surface area contributed by atoms with Crippen LogP contribution in [0.5, 0.6) is 0 Å². The van der Waals surface area contributed by atoms with Gasteiger partial charge >= 0.3 is 5.97 Å². The number of carbonyl (C=O) groups is 1. The monoisotopic (exact) mass is 297 g/mol. The minimum Gasteiger partial charge on any atom is -0.480 e. The largest absolute Gasteiger partial charge is 0.480 e. The number of benzene rings is 1. The molecular formula is C14H19NO4S. The van der Waals surface area contributed by atoms with E-state index in [1.807, 2.05) is 6.07 Å². The van der Waals surface area contributed by atoms with Crippen molar-refractivity contribution in [2.24, 2.45) is 0 Å². The summed E-state index contributed by atoms with van der Waals surface area (Å²) in [7, 11) is -2.47. The van der Waals surface area contributed by atoms with E-state index in [9.17, 15) is 13.2 Å². The predicted molar refractivity (Wildman–Crippen MR) is 75.1 cm³/mol. The third-order valence-corrected chi connectivity index (χ3v) is 5.82. The summed E-state index contributed by atoms with van der Waals surface area (Å²) in [5.74, 6) is -1.16. The zero-order chi connectivity index (χ0) is 14.9. The highest BCUT2D eigenvalue weighted by Gasteiger charge is 2.29. The van der Waals surface area contributed by atoms with Gasteiger partial charge in [0.2, 0.25) is 10.0 Å². The first kappa shape index (κ1) is 15.0. The van der Waals surface area contributed by atoms with Crippen LogP contribution in [0.15, 0.2) is 23.1 Å². The molecule has 1 aliphatic rings. The molecule has 1 N–H and O–H groups in total. The maximum absolute atomic E-state index is 12.4. The molecule has 110 valence electrons. The van der Waals surface area contributed by atoms with E-state index >= 15 is 0 Å². The average molecular weight is 297 g/mol. The lowest BCUT2D eigenvalue weighted by atomic mass is 9.92. The Labute approximate surface area is 119 Å². The number of fused-ring (bicyclic) bond motifs is 1. The molecule has 0 aliphatic heterocycles. The highest BCUT2D eigenvalue weighted by atomic mass is 32.2. The van der Waals surface area contributed by atoms with Gasteiger partial charge in [-0.25, -0.2) is 8.42 Å². The molecule has 0 aromatic heterocycles. The zero-order valence-corrected chi connectivity index (χ0v) is 12.5. The Morgan fingerprint density at radius 1 is 1.25 bits per heavy atom. The number of hydrogen-bond acceptors (Lipinski definition) is 3. The van der Waals surface area contributed by atoms with Crippen LogP contribution in [0.25, 0.3) is 0 Å². The topological polar surface area (TPSA) is 74.7 Å². The molecule has 20 heavy (non-hydrogen) atoms. The fourth-order valence-corrected chi connectivity index (χ4v) is 3.77. The van der Waals surface area contributed by atoms with Crippen LogP contribution in [0.4, 0.5) is 0 Å². The van der Waals surface area contributed by atoms with E-state index in [1.54, 1.807) is 12.1 Å². The molecule has 1 aromatic rings. The first-order valence-electron chi connectivity index (χ1n) is 6.66. The number of aliphatic carboxylic acids is 1.